The molecule has 1 heterocycles. The zero-order chi connectivity index (χ0) is 25.0. The third kappa shape index (κ3) is 5.58. The van der Waals surface area contributed by atoms with Crippen LogP contribution < -0.4 is 15.4 Å². The first-order chi connectivity index (χ1) is 16.1. The smallest absolute Gasteiger partial charge is 0.316 e. The Hall–Kier alpha value is -4.21. The summed E-state index contributed by atoms with van der Waals surface area (Å²) in [5, 5.41) is 14.1. The highest BCUT2D eigenvalue weighted by Crippen LogP contribution is 2.28. The number of carboxylic acids is 1. The average Bonchev–Trinajstić information content (AvgIpc) is 2.79. The van der Waals surface area contributed by atoms with E-state index in [4.69, 9.17) is 4.74 Å². The summed E-state index contributed by atoms with van der Waals surface area (Å²) in [5.74, 6) is -2.54. The normalized spacial score (nSPS) is 16.5. The molecule has 10 heteroatoms. The Bertz CT molecular complexity index is 1180. The van der Waals surface area contributed by atoms with Crippen LogP contribution in [0, 0.1) is 5.82 Å². The Morgan fingerprint density at radius 1 is 1.18 bits per heavy atom. The second-order valence-corrected chi connectivity index (χ2v) is 7.79. The molecular formula is C24H24FN3O6. The van der Waals surface area contributed by atoms with Gasteiger partial charge in [0.25, 0.3) is 5.91 Å². The van der Waals surface area contributed by atoms with E-state index in [0.717, 1.165) is 6.07 Å². The van der Waals surface area contributed by atoms with Gasteiger partial charge in [-0.1, -0.05) is 12.1 Å². The summed E-state index contributed by atoms with van der Waals surface area (Å²) < 4.78 is 19.7. The Labute approximate surface area is 195 Å². The number of halogens is 1. The first-order valence-electron chi connectivity index (χ1n) is 10.3. The number of carboxylic acid groups (broad SMARTS) is 1. The van der Waals surface area contributed by atoms with Crippen LogP contribution in [0.2, 0.25) is 0 Å². The second-order valence-electron chi connectivity index (χ2n) is 7.79. The molecule has 1 aliphatic heterocycles. The molecule has 9 nitrogen and oxygen atoms in total. The zero-order valence-corrected chi connectivity index (χ0v) is 18.8. The van der Waals surface area contributed by atoms with Crippen molar-refractivity contribution < 1.29 is 33.4 Å². The van der Waals surface area contributed by atoms with E-state index in [1.54, 1.807) is 37.3 Å². The highest BCUT2D eigenvalue weighted by Gasteiger charge is 2.34. The molecule has 0 saturated carbocycles. The van der Waals surface area contributed by atoms with Crippen molar-refractivity contribution in [1.29, 1.82) is 0 Å². The van der Waals surface area contributed by atoms with E-state index in [1.807, 2.05) is 0 Å². The maximum Gasteiger partial charge on any atom is 0.316 e. The summed E-state index contributed by atoms with van der Waals surface area (Å²) in [4.78, 5) is 49.9. The minimum Gasteiger partial charge on any atom is -0.497 e. The number of rotatable bonds is 7. The monoisotopic (exact) mass is 469 g/mol. The number of hydrogen-bond acceptors (Lipinski definition) is 5. The topological polar surface area (TPSA) is 125 Å². The van der Waals surface area contributed by atoms with Crippen LogP contribution in [-0.2, 0) is 14.4 Å². The molecule has 0 aromatic heterocycles. The molecule has 3 amide bonds. The molecule has 2 aromatic rings. The van der Waals surface area contributed by atoms with Gasteiger partial charge in [-0.05, 0) is 53.9 Å². The number of aliphatic carboxylic acids is 1. The maximum absolute atomic E-state index is 14.5. The van der Waals surface area contributed by atoms with Crippen LogP contribution in [-0.4, -0.2) is 53.9 Å². The number of nitrogens with zero attached hydrogens (tertiary/aromatic N) is 1. The van der Waals surface area contributed by atoms with Crippen molar-refractivity contribution in [3.05, 3.63) is 65.6 Å². The predicted octanol–water partition coefficient (Wildman–Crippen LogP) is 2.63. The lowest BCUT2D eigenvalue weighted by Crippen LogP contribution is -2.56. The number of methoxy groups -OCH3 is 1. The standard InChI is InChI=1S/C24H24FN3O6/c1-13-7-20(29)22(23(32)28(13)2)27-24(33)26-19(12-21(30)31)16-8-15(9-17(25)10-16)14-5-4-6-18(11-14)34-3/h4-11,19,22H,12H2,1-3H3,(H,30,31)(H2,26,27,33). The number of nitrogens with one attached hydrogen (secondary N) is 2. The van der Waals surface area contributed by atoms with E-state index in [0.29, 0.717) is 22.6 Å². The molecule has 2 atom stereocenters. The SMILES string of the molecule is COc1cccc(-c2cc(F)cc(C(CC(=O)O)NC(=O)NC3C(=O)C=C(C)N(C)C3=O)c2)c1. The number of allylic oxidation sites excluding steroid dienone is 1. The molecule has 0 bridgehead atoms. The van der Waals surface area contributed by atoms with Gasteiger partial charge in [-0.25, -0.2) is 9.18 Å². The third-order valence-electron chi connectivity index (χ3n) is 5.43. The molecule has 1 aliphatic rings. The fraction of sp³-hybridized carbons (Fsp3) is 0.250. The summed E-state index contributed by atoms with van der Waals surface area (Å²) in [6, 6.07) is 7.32. The Kier molecular flexibility index (Phi) is 7.30. The van der Waals surface area contributed by atoms with Crippen molar-refractivity contribution in [2.45, 2.75) is 25.4 Å². The molecule has 34 heavy (non-hydrogen) atoms. The predicted molar refractivity (Wildman–Crippen MR) is 120 cm³/mol. The highest BCUT2D eigenvalue weighted by molar-refractivity contribution is 6.14. The summed E-state index contributed by atoms with van der Waals surface area (Å²) >= 11 is 0. The number of carbonyl (C=O) groups is 4. The Morgan fingerprint density at radius 2 is 1.91 bits per heavy atom. The number of ether oxygens (including phenoxy) is 1. The largest absolute Gasteiger partial charge is 0.497 e. The van der Waals surface area contributed by atoms with E-state index in [1.165, 1.54) is 31.2 Å². The lowest BCUT2D eigenvalue weighted by Gasteiger charge is -2.28. The third-order valence-corrected chi connectivity index (χ3v) is 5.43. The highest BCUT2D eigenvalue weighted by atomic mass is 19.1. The quantitative estimate of drug-likeness (QED) is 0.536. The van der Waals surface area contributed by atoms with E-state index >= 15 is 0 Å². The van der Waals surface area contributed by atoms with Crippen molar-refractivity contribution >= 4 is 23.7 Å². The molecule has 0 fully saturated rings. The molecule has 0 radical (unpaired) electrons. The molecule has 0 saturated heterocycles. The van der Waals surface area contributed by atoms with Crippen LogP contribution in [0.15, 0.2) is 54.2 Å². The number of carbonyl (C=O) groups excluding carboxylic acids is 3. The summed E-state index contributed by atoms with van der Waals surface area (Å²) in [5.41, 5.74) is 1.71. The number of benzene rings is 2. The van der Waals surface area contributed by atoms with Gasteiger partial charge in [0.15, 0.2) is 11.8 Å². The molecule has 3 N–H and O–H groups in total. The van der Waals surface area contributed by atoms with Gasteiger partial charge in [0, 0.05) is 18.8 Å². The minimum atomic E-state index is -1.45. The average molecular weight is 469 g/mol. The van der Waals surface area contributed by atoms with E-state index in [2.05, 4.69) is 10.6 Å². The van der Waals surface area contributed by atoms with Crippen LogP contribution >= 0.6 is 0 Å². The first kappa shape index (κ1) is 24.4. The van der Waals surface area contributed by atoms with Gasteiger partial charge in [-0.2, -0.15) is 0 Å². The van der Waals surface area contributed by atoms with Crippen molar-refractivity contribution in [1.82, 2.24) is 15.5 Å². The van der Waals surface area contributed by atoms with Gasteiger partial charge in [0.1, 0.15) is 11.6 Å². The Morgan fingerprint density at radius 3 is 2.59 bits per heavy atom. The number of hydrogen-bond donors (Lipinski definition) is 3. The molecule has 2 unspecified atom stereocenters. The van der Waals surface area contributed by atoms with E-state index in [9.17, 15) is 28.7 Å². The van der Waals surface area contributed by atoms with Crippen LogP contribution in [0.25, 0.3) is 11.1 Å². The van der Waals surface area contributed by atoms with Crippen LogP contribution in [0.1, 0.15) is 24.9 Å². The molecule has 2 aromatic carbocycles. The fourth-order valence-corrected chi connectivity index (χ4v) is 3.55. The molecular weight excluding hydrogens is 445 g/mol. The molecule has 178 valence electrons. The van der Waals surface area contributed by atoms with Crippen LogP contribution in [0.5, 0.6) is 5.75 Å². The molecule has 0 spiro atoms. The second kappa shape index (κ2) is 10.2. The maximum atomic E-state index is 14.5. The van der Waals surface area contributed by atoms with Crippen molar-refractivity contribution in [2.24, 2.45) is 0 Å². The van der Waals surface area contributed by atoms with Gasteiger partial charge >= 0.3 is 12.0 Å². The number of likely N-dealkylation sites (N-methyl/N-ethyl adjacent to an activating group) is 1. The van der Waals surface area contributed by atoms with E-state index in [-0.39, 0.29) is 5.56 Å². The zero-order valence-electron chi connectivity index (χ0n) is 18.8. The van der Waals surface area contributed by atoms with Crippen LogP contribution in [0.4, 0.5) is 9.18 Å². The van der Waals surface area contributed by atoms with Crippen LogP contribution in [0.3, 0.4) is 0 Å². The number of ketones is 1. The fourth-order valence-electron chi connectivity index (χ4n) is 3.55. The number of urea groups is 1. The van der Waals surface area contributed by atoms with Gasteiger partial charge < -0.3 is 25.4 Å². The lowest BCUT2D eigenvalue weighted by atomic mass is 9.97. The van der Waals surface area contributed by atoms with Gasteiger partial charge in [0.2, 0.25) is 0 Å². The summed E-state index contributed by atoms with van der Waals surface area (Å²) in [6.45, 7) is 1.58. The first-order valence-corrected chi connectivity index (χ1v) is 10.3. The van der Waals surface area contributed by atoms with Gasteiger partial charge in [0.05, 0.1) is 19.6 Å². The summed E-state index contributed by atoms with van der Waals surface area (Å²) in [7, 11) is 2.96. The summed E-state index contributed by atoms with van der Waals surface area (Å²) in [6.07, 6.45) is 0.675. The van der Waals surface area contributed by atoms with Gasteiger partial charge in [-0.15, -0.1) is 0 Å². The molecule has 3 rings (SSSR count). The lowest BCUT2D eigenvalue weighted by molar-refractivity contribution is -0.138. The van der Waals surface area contributed by atoms with Crippen molar-refractivity contribution in [3.8, 4) is 16.9 Å². The number of amides is 3. The Balaban J connectivity index is 1.87. The van der Waals surface area contributed by atoms with Crippen molar-refractivity contribution in [2.75, 3.05) is 14.2 Å². The van der Waals surface area contributed by atoms with Gasteiger partial charge in [-0.3, -0.25) is 14.4 Å². The van der Waals surface area contributed by atoms with Crippen molar-refractivity contribution in [3.63, 3.8) is 0 Å². The minimum absolute atomic E-state index is 0.199. The van der Waals surface area contributed by atoms with E-state index < -0.39 is 48.0 Å². The molecule has 0 aliphatic carbocycles.